The minimum absolute atomic E-state index is 0. The number of nitrogens with zero attached hydrogens (tertiary/aromatic N) is 1. The molecule has 0 aliphatic carbocycles. The molecule has 4 nitrogen and oxygen atoms in total. The van der Waals surface area contributed by atoms with Crippen molar-refractivity contribution in [2.45, 2.75) is 33.1 Å². The van der Waals surface area contributed by atoms with Crippen LogP contribution in [0.25, 0.3) is 0 Å². The highest BCUT2D eigenvalue weighted by molar-refractivity contribution is 5.85. The van der Waals surface area contributed by atoms with Crippen LogP contribution >= 0.6 is 12.4 Å². The number of halogens is 1. The Morgan fingerprint density at radius 3 is 2.36 bits per heavy atom. The van der Waals surface area contributed by atoms with Gasteiger partial charge in [-0.1, -0.05) is 26.0 Å². The van der Waals surface area contributed by atoms with Crippen LogP contribution in [0.2, 0.25) is 0 Å². The summed E-state index contributed by atoms with van der Waals surface area (Å²) in [5, 5.41) is 0. The highest BCUT2D eigenvalue weighted by Gasteiger charge is 2.20. The highest BCUT2D eigenvalue weighted by Crippen LogP contribution is 2.16. The average molecular weight is 329 g/mol. The standard InChI is InChI=1S/C17H28N2O2.ClH/c1-17(2,12-18)13-19(3)16(20)7-5-6-14-8-10-15(21-4)11-9-14;/h8-11H,5-7,12-13,18H2,1-4H3;1H. The maximum Gasteiger partial charge on any atom is 0.222 e. The zero-order valence-electron chi connectivity index (χ0n) is 14.1. The van der Waals surface area contributed by atoms with Crippen molar-refractivity contribution in [3.05, 3.63) is 29.8 Å². The molecule has 0 saturated carbocycles. The van der Waals surface area contributed by atoms with Gasteiger partial charge in [-0.3, -0.25) is 4.79 Å². The first-order valence-electron chi connectivity index (χ1n) is 7.45. The number of amides is 1. The van der Waals surface area contributed by atoms with Gasteiger partial charge >= 0.3 is 0 Å². The van der Waals surface area contributed by atoms with Crippen LogP contribution in [0.3, 0.4) is 0 Å². The Balaban J connectivity index is 0.00000441. The second-order valence-corrected chi connectivity index (χ2v) is 6.32. The number of benzene rings is 1. The second-order valence-electron chi connectivity index (χ2n) is 6.32. The molecule has 0 fully saturated rings. The van der Waals surface area contributed by atoms with Crippen LogP contribution in [-0.4, -0.2) is 38.1 Å². The van der Waals surface area contributed by atoms with Crippen molar-refractivity contribution >= 4 is 18.3 Å². The maximum absolute atomic E-state index is 12.1. The van der Waals surface area contributed by atoms with Gasteiger partial charge in [0.25, 0.3) is 0 Å². The average Bonchev–Trinajstić information content (AvgIpc) is 2.47. The lowest BCUT2D eigenvalue weighted by Gasteiger charge is -2.29. The molecule has 0 atom stereocenters. The summed E-state index contributed by atoms with van der Waals surface area (Å²) in [5.41, 5.74) is 6.91. The van der Waals surface area contributed by atoms with E-state index in [-0.39, 0.29) is 23.7 Å². The molecule has 0 aliphatic heterocycles. The number of hydrogen-bond donors (Lipinski definition) is 1. The molecular weight excluding hydrogens is 300 g/mol. The Bertz CT molecular complexity index is 446. The van der Waals surface area contributed by atoms with Crippen LogP contribution in [0.1, 0.15) is 32.3 Å². The van der Waals surface area contributed by atoms with Crippen molar-refractivity contribution in [3.63, 3.8) is 0 Å². The van der Waals surface area contributed by atoms with E-state index in [0.717, 1.165) is 18.6 Å². The van der Waals surface area contributed by atoms with Gasteiger partial charge in [-0.2, -0.15) is 0 Å². The normalized spacial score (nSPS) is 10.8. The molecule has 2 N–H and O–H groups in total. The first-order chi connectivity index (χ1) is 9.88. The van der Waals surface area contributed by atoms with Gasteiger partial charge in [-0.05, 0) is 42.5 Å². The Morgan fingerprint density at radius 2 is 1.86 bits per heavy atom. The number of carbonyl (C=O) groups excluding carboxylic acids is 1. The van der Waals surface area contributed by atoms with Gasteiger partial charge in [-0.15, -0.1) is 12.4 Å². The zero-order chi connectivity index (χ0) is 15.9. The lowest BCUT2D eigenvalue weighted by molar-refractivity contribution is -0.131. The molecule has 0 heterocycles. The van der Waals surface area contributed by atoms with E-state index in [9.17, 15) is 4.79 Å². The van der Waals surface area contributed by atoms with Gasteiger partial charge in [0.2, 0.25) is 5.91 Å². The number of hydrogen-bond acceptors (Lipinski definition) is 3. The van der Waals surface area contributed by atoms with E-state index < -0.39 is 0 Å². The largest absolute Gasteiger partial charge is 0.497 e. The molecule has 1 rings (SSSR count). The lowest BCUT2D eigenvalue weighted by atomic mass is 9.93. The van der Waals surface area contributed by atoms with Crippen LogP contribution in [0.15, 0.2) is 24.3 Å². The second kappa shape index (κ2) is 9.70. The Labute approximate surface area is 140 Å². The zero-order valence-corrected chi connectivity index (χ0v) is 14.9. The predicted octanol–water partition coefficient (Wildman–Crippen LogP) is 2.88. The molecule has 0 saturated heterocycles. The summed E-state index contributed by atoms with van der Waals surface area (Å²) >= 11 is 0. The molecule has 22 heavy (non-hydrogen) atoms. The van der Waals surface area contributed by atoms with Crippen LogP contribution in [-0.2, 0) is 11.2 Å². The van der Waals surface area contributed by atoms with Gasteiger partial charge in [0.05, 0.1) is 7.11 Å². The monoisotopic (exact) mass is 328 g/mol. The number of rotatable bonds is 8. The maximum atomic E-state index is 12.1. The molecule has 126 valence electrons. The molecule has 0 aliphatic rings. The van der Waals surface area contributed by atoms with Gasteiger partial charge in [0.1, 0.15) is 5.75 Å². The first-order valence-corrected chi connectivity index (χ1v) is 7.45. The van der Waals surface area contributed by atoms with Gasteiger partial charge in [0, 0.05) is 20.0 Å². The number of ether oxygens (including phenoxy) is 1. The molecule has 0 bridgehead atoms. The number of methoxy groups -OCH3 is 1. The smallest absolute Gasteiger partial charge is 0.222 e. The van der Waals surface area contributed by atoms with E-state index >= 15 is 0 Å². The van der Waals surface area contributed by atoms with Crippen molar-refractivity contribution in [1.82, 2.24) is 4.90 Å². The van der Waals surface area contributed by atoms with Crippen molar-refractivity contribution in [1.29, 1.82) is 0 Å². The number of carbonyl (C=O) groups is 1. The number of nitrogens with two attached hydrogens (primary N) is 1. The van der Waals surface area contributed by atoms with E-state index in [1.807, 2.05) is 31.3 Å². The number of aryl methyl sites for hydroxylation is 1. The minimum Gasteiger partial charge on any atom is -0.497 e. The topological polar surface area (TPSA) is 55.6 Å². The Hall–Kier alpha value is -1.26. The van der Waals surface area contributed by atoms with Gasteiger partial charge in [0.15, 0.2) is 0 Å². The van der Waals surface area contributed by atoms with E-state index in [0.29, 0.717) is 19.5 Å². The van der Waals surface area contributed by atoms with Crippen molar-refractivity contribution in [3.8, 4) is 5.75 Å². The molecule has 1 aromatic rings. The third-order valence-corrected chi connectivity index (χ3v) is 3.66. The predicted molar refractivity (Wildman–Crippen MR) is 93.7 cm³/mol. The molecule has 5 heteroatoms. The molecule has 0 aromatic heterocycles. The van der Waals surface area contributed by atoms with E-state index in [4.69, 9.17) is 10.5 Å². The third kappa shape index (κ3) is 7.14. The SMILES string of the molecule is COc1ccc(CCCC(=O)N(C)CC(C)(C)CN)cc1.Cl. The van der Waals surface area contributed by atoms with Crippen molar-refractivity contribution in [2.24, 2.45) is 11.1 Å². The Morgan fingerprint density at radius 1 is 1.27 bits per heavy atom. The van der Waals surface area contributed by atoms with Crippen LogP contribution in [0, 0.1) is 5.41 Å². The molecule has 0 radical (unpaired) electrons. The van der Waals surface area contributed by atoms with Crippen LogP contribution in [0.4, 0.5) is 0 Å². The first kappa shape index (κ1) is 20.7. The third-order valence-electron chi connectivity index (χ3n) is 3.66. The summed E-state index contributed by atoms with van der Waals surface area (Å²) in [6.07, 6.45) is 2.34. The van der Waals surface area contributed by atoms with E-state index in [2.05, 4.69) is 13.8 Å². The molecule has 0 unspecified atom stereocenters. The highest BCUT2D eigenvalue weighted by atomic mass is 35.5. The summed E-state index contributed by atoms with van der Waals surface area (Å²) in [7, 11) is 3.51. The summed E-state index contributed by atoms with van der Waals surface area (Å²) in [6, 6.07) is 8.00. The lowest BCUT2D eigenvalue weighted by Crippen LogP contribution is -2.39. The Kier molecular flexibility index (Phi) is 9.14. The van der Waals surface area contributed by atoms with Gasteiger partial charge < -0.3 is 15.4 Å². The molecular formula is C17H29ClN2O2. The molecule has 0 spiro atoms. The van der Waals surface area contributed by atoms with Gasteiger partial charge in [-0.25, -0.2) is 0 Å². The van der Waals surface area contributed by atoms with E-state index in [1.165, 1.54) is 5.56 Å². The fourth-order valence-corrected chi connectivity index (χ4v) is 2.22. The van der Waals surface area contributed by atoms with Crippen molar-refractivity contribution < 1.29 is 9.53 Å². The molecule has 1 aromatic carbocycles. The van der Waals surface area contributed by atoms with Crippen molar-refractivity contribution in [2.75, 3.05) is 27.2 Å². The molecule has 1 amide bonds. The minimum atomic E-state index is -0.0274. The summed E-state index contributed by atoms with van der Waals surface area (Å²) in [5.74, 6) is 1.05. The summed E-state index contributed by atoms with van der Waals surface area (Å²) in [6.45, 7) is 5.43. The van der Waals surface area contributed by atoms with Crippen LogP contribution < -0.4 is 10.5 Å². The summed E-state index contributed by atoms with van der Waals surface area (Å²) < 4.78 is 5.13. The van der Waals surface area contributed by atoms with E-state index in [1.54, 1.807) is 12.0 Å². The summed E-state index contributed by atoms with van der Waals surface area (Å²) in [4.78, 5) is 13.9. The fourth-order valence-electron chi connectivity index (χ4n) is 2.22. The fraction of sp³-hybridized carbons (Fsp3) is 0.588. The quantitative estimate of drug-likeness (QED) is 0.798. The van der Waals surface area contributed by atoms with Crippen LogP contribution in [0.5, 0.6) is 5.75 Å².